The molecule has 0 aliphatic rings. The Bertz CT molecular complexity index is 1510. The van der Waals surface area contributed by atoms with Crippen molar-refractivity contribution in [1.29, 1.82) is 0 Å². The quantitative estimate of drug-likeness (QED) is 0.259. The van der Waals surface area contributed by atoms with E-state index in [4.69, 9.17) is 0 Å². The first-order valence-electron chi connectivity index (χ1n) is 11.4. The van der Waals surface area contributed by atoms with Crippen LogP contribution in [0.25, 0.3) is 28.1 Å². The molecule has 5 nitrogen and oxygen atoms in total. The van der Waals surface area contributed by atoms with Crippen molar-refractivity contribution >= 4 is 17.5 Å². The Morgan fingerprint density at radius 3 is 1.95 bits per heavy atom. The number of benzene rings is 4. The highest BCUT2D eigenvalue weighted by Gasteiger charge is 2.30. The average Bonchev–Trinajstić information content (AvgIpc) is 3.33. The van der Waals surface area contributed by atoms with Gasteiger partial charge in [0.15, 0.2) is 0 Å². The number of urea groups is 1. The third kappa shape index (κ3) is 5.38. The van der Waals surface area contributed by atoms with Gasteiger partial charge in [-0.15, -0.1) is 0 Å². The molecule has 0 saturated heterocycles. The predicted octanol–water partition coefficient (Wildman–Crippen LogP) is 7.87. The van der Waals surface area contributed by atoms with Crippen molar-refractivity contribution in [3.63, 3.8) is 0 Å². The summed E-state index contributed by atoms with van der Waals surface area (Å²) in [5, 5.41) is 10.2. The molecule has 1 heterocycles. The van der Waals surface area contributed by atoms with Gasteiger partial charge in [0, 0.05) is 17.2 Å². The number of alkyl halides is 3. The van der Waals surface area contributed by atoms with Crippen LogP contribution in [0, 0.1) is 0 Å². The summed E-state index contributed by atoms with van der Waals surface area (Å²) in [5.74, 6) is 0.299. The highest BCUT2D eigenvalue weighted by atomic mass is 19.4. The minimum atomic E-state index is -4.45. The fourth-order valence-corrected chi connectivity index (χ4v) is 3.94. The maximum atomic E-state index is 13.1. The van der Waals surface area contributed by atoms with E-state index in [1.807, 2.05) is 78.9 Å². The summed E-state index contributed by atoms with van der Waals surface area (Å²) in [4.78, 5) is 13.1. The van der Waals surface area contributed by atoms with Crippen molar-refractivity contribution in [1.82, 2.24) is 9.78 Å². The molecule has 5 rings (SSSR count). The standard InChI is InChI=1S/C29H21F3N4O/c30-29(31,32)22-15-17-23(18-16-22)36-27(19-26(35-36)21-11-5-2-6-12-21)34-28(37)33-25-14-8-7-13-24(25)20-9-3-1-4-10-20/h1-19H,(H2,33,34,37). The normalized spacial score (nSPS) is 11.2. The van der Waals surface area contributed by atoms with Crippen LogP contribution in [0.3, 0.4) is 0 Å². The largest absolute Gasteiger partial charge is 0.416 e. The number of rotatable bonds is 5. The molecule has 0 atom stereocenters. The topological polar surface area (TPSA) is 59.0 Å². The lowest BCUT2D eigenvalue weighted by Crippen LogP contribution is -2.21. The lowest BCUT2D eigenvalue weighted by Gasteiger charge is -2.13. The van der Waals surface area contributed by atoms with Gasteiger partial charge in [-0.2, -0.15) is 18.3 Å². The number of aromatic nitrogens is 2. The Morgan fingerprint density at radius 2 is 1.30 bits per heavy atom. The summed E-state index contributed by atoms with van der Waals surface area (Å²) in [5.41, 5.74) is 3.35. The number of anilines is 2. The molecule has 0 aliphatic heterocycles. The molecule has 1 aromatic heterocycles. The molecule has 8 heteroatoms. The molecule has 0 radical (unpaired) electrons. The zero-order valence-electron chi connectivity index (χ0n) is 19.4. The van der Waals surface area contributed by atoms with E-state index in [0.717, 1.165) is 28.8 Å². The number of hydrogen-bond acceptors (Lipinski definition) is 2. The number of halogens is 3. The van der Waals surface area contributed by atoms with E-state index in [0.29, 0.717) is 22.9 Å². The van der Waals surface area contributed by atoms with E-state index in [2.05, 4.69) is 15.7 Å². The number of hydrogen-bond donors (Lipinski definition) is 2. The molecule has 0 spiro atoms. The van der Waals surface area contributed by atoms with Crippen molar-refractivity contribution in [2.75, 3.05) is 10.6 Å². The molecule has 4 aromatic carbocycles. The lowest BCUT2D eigenvalue weighted by molar-refractivity contribution is -0.137. The van der Waals surface area contributed by atoms with Crippen LogP contribution < -0.4 is 10.6 Å². The average molecular weight is 499 g/mol. The number of nitrogens with one attached hydrogen (secondary N) is 2. The van der Waals surface area contributed by atoms with Gasteiger partial charge in [-0.3, -0.25) is 5.32 Å². The van der Waals surface area contributed by atoms with Gasteiger partial charge >= 0.3 is 12.2 Å². The van der Waals surface area contributed by atoms with Crippen molar-refractivity contribution in [2.24, 2.45) is 0 Å². The molecule has 0 saturated carbocycles. The smallest absolute Gasteiger partial charge is 0.307 e. The zero-order valence-corrected chi connectivity index (χ0v) is 19.4. The van der Waals surface area contributed by atoms with Crippen molar-refractivity contribution in [3.05, 3.63) is 121 Å². The second-order valence-electron chi connectivity index (χ2n) is 8.23. The van der Waals surface area contributed by atoms with Crippen LogP contribution in [0.15, 0.2) is 115 Å². The van der Waals surface area contributed by atoms with E-state index >= 15 is 0 Å². The number of para-hydroxylation sites is 1. The Balaban J connectivity index is 1.46. The van der Waals surface area contributed by atoms with Crippen LogP contribution in [0.4, 0.5) is 29.5 Å². The van der Waals surface area contributed by atoms with Gasteiger partial charge in [-0.25, -0.2) is 9.48 Å². The van der Waals surface area contributed by atoms with E-state index in [1.54, 1.807) is 12.1 Å². The van der Waals surface area contributed by atoms with E-state index in [1.165, 1.54) is 16.8 Å². The van der Waals surface area contributed by atoms with Gasteiger partial charge in [0.25, 0.3) is 0 Å². The van der Waals surface area contributed by atoms with Crippen LogP contribution >= 0.6 is 0 Å². The van der Waals surface area contributed by atoms with Gasteiger partial charge in [0.2, 0.25) is 0 Å². The molecule has 37 heavy (non-hydrogen) atoms. The van der Waals surface area contributed by atoms with Crippen molar-refractivity contribution < 1.29 is 18.0 Å². The molecule has 2 amide bonds. The maximum Gasteiger partial charge on any atom is 0.416 e. The van der Waals surface area contributed by atoms with E-state index < -0.39 is 17.8 Å². The minimum Gasteiger partial charge on any atom is -0.307 e. The fourth-order valence-electron chi connectivity index (χ4n) is 3.94. The van der Waals surface area contributed by atoms with E-state index in [9.17, 15) is 18.0 Å². The number of amides is 2. The molecule has 184 valence electrons. The van der Waals surface area contributed by atoms with Crippen LogP contribution in [-0.4, -0.2) is 15.8 Å². The third-order valence-electron chi connectivity index (χ3n) is 5.72. The summed E-state index contributed by atoms with van der Waals surface area (Å²) in [6, 6.07) is 32.1. The van der Waals surface area contributed by atoms with Crippen LogP contribution in [0.2, 0.25) is 0 Å². The van der Waals surface area contributed by atoms with Crippen LogP contribution in [-0.2, 0) is 6.18 Å². The van der Waals surface area contributed by atoms with Gasteiger partial charge in [-0.1, -0.05) is 78.9 Å². The number of nitrogens with zero attached hydrogens (tertiary/aromatic N) is 2. The SMILES string of the molecule is O=C(Nc1ccccc1-c1ccccc1)Nc1cc(-c2ccccc2)nn1-c1ccc(C(F)(F)F)cc1. The third-order valence-corrected chi connectivity index (χ3v) is 5.72. The second kappa shape index (κ2) is 10.0. The summed E-state index contributed by atoms with van der Waals surface area (Å²) >= 11 is 0. The summed E-state index contributed by atoms with van der Waals surface area (Å²) in [7, 11) is 0. The number of carbonyl (C=O) groups excluding carboxylic acids is 1. The Hall–Kier alpha value is -4.85. The maximum absolute atomic E-state index is 13.1. The van der Waals surface area contributed by atoms with Gasteiger partial charge < -0.3 is 5.32 Å². The second-order valence-corrected chi connectivity index (χ2v) is 8.23. The molecule has 0 aliphatic carbocycles. The Morgan fingerprint density at radius 1 is 0.703 bits per heavy atom. The molecule has 0 unspecified atom stereocenters. The van der Waals surface area contributed by atoms with Gasteiger partial charge in [-0.05, 0) is 35.9 Å². The van der Waals surface area contributed by atoms with Crippen LogP contribution in [0.1, 0.15) is 5.56 Å². The minimum absolute atomic E-state index is 0.299. The predicted molar refractivity (Wildman–Crippen MR) is 139 cm³/mol. The Labute approximate surface area is 211 Å². The first kappa shape index (κ1) is 23.9. The first-order chi connectivity index (χ1) is 17.9. The number of carbonyl (C=O) groups is 1. The fraction of sp³-hybridized carbons (Fsp3) is 0.0345. The van der Waals surface area contributed by atoms with Gasteiger partial charge in [0.05, 0.1) is 22.6 Å². The first-order valence-corrected chi connectivity index (χ1v) is 11.4. The van der Waals surface area contributed by atoms with Crippen molar-refractivity contribution in [3.8, 4) is 28.1 Å². The monoisotopic (exact) mass is 498 g/mol. The zero-order chi connectivity index (χ0) is 25.8. The molecular weight excluding hydrogens is 477 g/mol. The van der Waals surface area contributed by atoms with E-state index in [-0.39, 0.29) is 0 Å². The summed E-state index contributed by atoms with van der Waals surface area (Å²) < 4.78 is 40.6. The molecular formula is C29H21F3N4O. The molecule has 0 fully saturated rings. The van der Waals surface area contributed by atoms with Crippen LogP contribution in [0.5, 0.6) is 0 Å². The molecule has 0 bridgehead atoms. The Kier molecular flexibility index (Phi) is 6.47. The lowest BCUT2D eigenvalue weighted by atomic mass is 10.0. The molecule has 2 N–H and O–H groups in total. The summed E-state index contributed by atoms with van der Waals surface area (Å²) in [6.07, 6.45) is -4.45. The van der Waals surface area contributed by atoms with Gasteiger partial charge in [0.1, 0.15) is 5.82 Å². The highest BCUT2D eigenvalue weighted by Crippen LogP contribution is 2.31. The van der Waals surface area contributed by atoms with Crippen molar-refractivity contribution in [2.45, 2.75) is 6.18 Å². The summed E-state index contributed by atoms with van der Waals surface area (Å²) in [6.45, 7) is 0. The molecule has 5 aromatic rings. The highest BCUT2D eigenvalue weighted by molar-refractivity contribution is 6.02.